The molecule has 3 rings (SSSR count). The molecule has 1 heterocycles. The van der Waals surface area contributed by atoms with Crippen LogP contribution in [0, 0.1) is 5.82 Å². The molecule has 0 atom stereocenters. The number of rotatable bonds is 10. The van der Waals surface area contributed by atoms with Crippen molar-refractivity contribution in [1.29, 1.82) is 0 Å². The third kappa shape index (κ3) is 6.50. The van der Waals surface area contributed by atoms with Crippen molar-refractivity contribution in [3.05, 3.63) is 71.3 Å². The highest BCUT2D eigenvalue weighted by molar-refractivity contribution is 7.99. The molecule has 0 aliphatic heterocycles. The minimum Gasteiger partial charge on any atom is -0.354 e. The number of halogens is 2. The first-order valence-corrected chi connectivity index (χ1v) is 11.9. The van der Waals surface area contributed by atoms with Crippen LogP contribution in [0.25, 0.3) is 0 Å². The number of H-pyrrole nitrogens is 1. The van der Waals surface area contributed by atoms with Gasteiger partial charge in [0, 0.05) is 29.4 Å². The Morgan fingerprint density at radius 2 is 1.94 bits per heavy atom. The zero-order valence-corrected chi connectivity index (χ0v) is 18.6. The van der Waals surface area contributed by atoms with E-state index in [-0.39, 0.29) is 17.0 Å². The number of aromatic nitrogens is 3. The van der Waals surface area contributed by atoms with Gasteiger partial charge < -0.3 is 5.32 Å². The summed E-state index contributed by atoms with van der Waals surface area (Å²) in [5.74, 6) is -0.548. The zero-order valence-electron chi connectivity index (χ0n) is 16.2. The van der Waals surface area contributed by atoms with Gasteiger partial charge in [0.25, 0.3) is 0 Å². The Morgan fingerprint density at radius 3 is 2.61 bits per heavy atom. The number of aromatic amines is 1. The number of hydrogen-bond donors (Lipinski definition) is 2. The Morgan fingerprint density at radius 1 is 1.19 bits per heavy atom. The van der Waals surface area contributed by atoms with Gasteiger partial charge >= 0.3 is 0 Å². The van der Waals surface area contributed by atoms with E-state index < -0.39 is 28.3 Å². The van der Waals surface area contributed by atoms with Crippen molar-refractivity contribution < 1.29 is 17.6 Å². The summed E-state index contributed by atoms with van der Waals surface area (Å²) < 4.78 is 41.4. The maximum absolute atomic E-state index is 14.2. The number of nitrogens with zero attached hydrogens (tertiary/aromatic N) is 3. The maximum atomic E-state index is 14.2. The first-order chi connectivity index (χ1) is 14.9. The molecule has 0 spiro atoms. The monoisotopic (exact) mass is 483 g/mol. The second kappa shape index (κ2) is 10.7. The molecule has 0 saturated heterocycles. The topological polar surface area (TPSA) is 108 Å². The summed E-state index contributed by atoms with van der Waals surface area (Å²) in [5, 5.41) is 10.1. The normalized spacial score (nSPS) is 11.6. The average Bonchev–Trinajstić information content (AvgIpc) is 3.26. The molecule has 2 N–H and O–H groups in total. The Bertz CT molecular complexity index is 1110. The summed E-state index contributed by atoms with van der Waals surface area (Å²) in [4.78, 5) is 16.4. The second-order valence-electron chi connectivity index (χ2n) is 6.31. The first-order valence-electron chi connectivity index (χ1n) is 9.10. The molecule has 3 aromatic rings. The zero-order chi connectivity index (χ0) is 22.3. The molecule has 1 aromatic heterocycles. The van der Waals surface area contributed by atoms with Gasteiger partial charge in [0.1, 0.15) is 12.1 Å². The van der Waals surface area contributed by atoms with E-state index in [2.05, 4.69) is 20.5 Å². The van der Waals surface area contributed by atoms with Crippen LogP contribution in [0.4, 0.5) is 4.39 Å². The van der Waals surface area contributed by atoms with Crippen LogP contribution in [0.1, 0.15) is 5.56 Å². The lowest BCUT2D eigenvalue weighted by molar-refractivity contribution is -0.121. The van der Waals surface area contributed by atoms with Gasteiger partial charge in [-0.25, -0.2) is 17.8 Å². The minimum absolute atomic E-state index is 0.0399. The Kier molecular flexibility index (Phi) is 8.02. The molecule has 12 heteroatoms. The molecule has 0 radical (unpaired) electrons. The van der Waals surface area contributed by atoms with E-state index in [0.717, 1.165) is 4.31 Å². The molecule has 0 fully saturated rings. The van der Waals surface area contributed by atoms with Gasteiger partial charge in [-0.15, -0.1) is 0 Å². The molecule has 0 unspecified atom stereocenters. The number of carbonyl (C=O) groups is 1. The Balaban J connectivity index is 1.71. The van der Waals surface area contributed by atoms with Crippen LogP contribution in [-0.2, 0) is 21.4 Å². The molecule has 0 saturated carbocycles. The summed E-state index contributed by atoms with van der Waals surface area (Å²) in [6.45, 7) is -0.469. The third-order valence-corrected chi connectivity index (χ3v) is 7.07. The molecular formula is C19H19ClFN5O3S2. The minimum atomic E-state index is -4.08. The van der Waals surface area contributed by atoms with E-state index >= 15 is 0 Å². The third-order valence-electron chi connectivity index (χ3n) is 4.13. The fourth-order valence-electron chi connectivity index (χ4n) is 2.62. The fraction of sp³-hybridized carbons (Fsp3) is 0.211. The smallest absolute Gasteiger partial charge is 0.243 e. The van der Waals surface area contributed by atoms with Crippen molar-refractivity contribution in [1.82, 2.24) is 24.8 Å². The van der Waals surface area contributed by atoms with Crippen molar-refractivity contribution in [3.8, 4) is 0 Å². The Labute approximate surface area is 188 Å². The number of benzene rings is 2. The summed E-state index contributed by atoms with van der Waals surface area (Å²) in [7, 11) is -4.08. The van der Waals surface area contributed by atoms with E-state index in [0.29, 0.717) is 22.5 Å². The summed E-state index contributed by atoms with van der Waals surface area (Å²) in [6, 6.07) is 11.4. The van der Waals surface area contributed by atoms with Crippen LogP contribution < -0.4 is 5.32 Å². The lowest BCUT2D eigenvalue weighted by Gasteiger charge is -2.22. The summed E-state index contributed by atoms with van der Waals surface area (Å²) in [6.07, 6.45) is 1.38. The number of carbonyl (C=O) groups excluding carboxylic acids is 1. The van der Waals surface area contributed by atoms with Gasteiger partial charge in [0.05, 0.1) is 11.4 Å². The van der Waals surface area contributed by atoms with E-state index in [1.54, 1.807) is 6.07 Å². The van der Waals surface area contributed by atoms with Crippen molar-refractivity contribution >= 4 is 39.3 Å². The summed E-state index contributed by atoms with van der Waals surface area (Å²) in [5.41, 5.74) is 0.161. The molecular weight excluding hydrogens is 465 g/mol. The molecule has 0 bridgehead atoms. The van der Waals surface area contributed by atoms with Gasteiger partial charge in [0.2, 0.25) is 15.9 Å². The average molecular weight is 484 g/mol. The van der Waals surface area contributed by atoms with E-state index in [1.165, 1.54) is 60.6 Å². The highest BCUT2D eigenvalue weighted by Gasteiger charge is 2.27. The van der Waals surface area contributed by atoms with E-state index in [4.69, 9.17) is 11.6 Å². The van der Waals surface area contributed by atoms with Gasteiger partial charge in [-0.3, -0.25) is 9.89 Å². The lowest BCUT2D eigenvalue weighted by Crippen LogP contribution is -2.41. The number of nitrogens with one attached hydrogen (secondary N) is 2. The highest BCUT2D eigenvalue weighted by Crippen LogP contribution is 2.21. The number of amides is 1. The van der Waals surface area contributed by atoms with Gasteiger partial charge in [-0.05, 0) is 30.3 Å². The van der Waals surface area contributed by atoms with Gasteiger partial charge in [0.15, 0.2) is 5.16 Å². The molecule has 0 aliphatic carbocycles. The second-order valence-corrected chi connectivity index (χ2v) is 9.77. The predicted molar refractivity (Wildman–Crippen MR) is 116 cm³/mol. The molecule has 0 aliphatic rings. The lowest BCUT2D eigenvalue weighted by atomic mass is 10.2. The van der Waals surface area contributed by atoms with Crippen LogP contribution in [0.5, 0.6) is 0 Å². The van der Waals surface area contributed by atoms with E-state index in [1.807, 2.05) is 0 Å². The molecule has 164 valence electrons. The van der Waals surface area contributed by atoms with Crippen molar-refractivity contribution in [2.45, 2.75) is 16.6 Å². The summed E-state index contributed by atoms with van der Waals surface area (Å²) >= 11 is 7.21. The van der Waals surface area contributed by atoms with Crippen molar-refractivity contribution in [2.24, 2.45) is 0 Å². The SMILES string of the molecule is O=C(CN(Cc1ccccc1F)S(=O)(=O)c1ccc(Cl)cc1)NCCSc1ncn[nH]1. The number of thioether (sulfide) groups is 1. The fourth-order valence-corrected chi connectivity index (χ4v) is 4.75. The largest absolute Gasteiger partial charge is 0.354 e. The van der Waals surface area contributed by atoms with Crippen LogP contribution in [0.3, 0.4) is 0 Å². The highest BCUT2D eigenvalue weighted by atomic mass is 35.5. The Hall–Kier alpha value is -2.47. The van der Waals surface area contributed by atoms with Crippen LogP contribution >= 0.6 is 23.4 Å². The predicted octanol–water partition coefficient (Wildman–Crippen LogP) is 2.70. The number of hydrogen-bond acceptors (Lipinski definition) is 6. The molecule has 8 nitrogen and oxygen atoms in total. The maximum Gasteiger partial charge on any atom is 0.243 e. The van der Waals surface area contributed by atoms with Crippen LogP contribution in [0.15, 0.2) is 64.9 Å². The van der Waals surface area contributed by atoms with Gasteiger partial charge in [-0.1, -0.05) is 41.6 Å². The number of sulfonamides is 1. The van der Waals surface area contributed by atoms with Gasteiger partial charge in [-0.2, -0.15) is 9.40 Å². The van der Waals surface area contributed by atoms with Crippen molar-refractivity contribution in [2.75, 3.05) is 18.8 Å². The molecule has 31 heavy (non-hydrogen) atoms. The quantitative estimate of drug-likeness (QED) is 0.339. The van der Waals surface area contributed by atoms with Crippen LogP contribution in [-0.4, -0.2) is 52.7 Å². The van der Waals surface area contributed by atoms with E-state index in [9.17, 15) is 17.6 Å². The first kappa shape index (κ1) is 23.2. The van der Waals surface area contributed by atoms with Crippen LogP contribution in [0.2, 0.25) is 5.02 Å². The molecule has 1 amide bonds. The van der Waals surface area contributed by atoms with Crippen molar-refractivity contribution in [3.63, 3.8) is 0 Å². The standard InChI is InChI=1S/C19H19ClFN5O3S2/c20-15-5-7-16(8-6-15)31(28,29)26(11-14-3-1-2-4-17(14)21)12-18(27)22-9-10-30-19-23-13-24-25-19/h1-8,13H,9-12H2,(H,22,27)(H,23,24,25). The molecule has 2 aromatic carbocycles.